The molecule has 2 aromatic rings. The third-order valence-electron chi connectivity index (χ3n) is 2.22. The number of nitrogens with zero attached hydrogens (tertiary/aromatic N) is 2. The van der Waals surface area contributed by atoms with Gasteiger partial charge in [0.2, 0.25) is 0 Å². The van der Waals surface area contributed by atoms with Gasteiger partial charge in [0.05, 0.1) is 12.3 Å². The van der Waals surface area contributed by atoms with Crippen molar-refractivity contribution in [2.24, 2.45) is 5.84 Å². The number of amides is 1. The van der Waals surface area contributed by atoms with E-state index >= 15 is 0 Å². The molecule has 3 N–H and O–H groups in total. The van der Waals surface area contributed by atoms with Crippen molar-refractivity contribution in [1.29, 1.82) is 0 Å². The molecule has 0 aromatic carbocycles. The molecule has 0 saturated carbocycles. The van der Waals surface area contributed by atoms with Gasteiger partial charge in [-0.25, -0.2) is 10.8 Å². The van der Waals surface area contributed by atoms with Gasteiger partial charge in [-0.05, 0) is 12.1 Å². The van der Waals surface area contributed by atoms with Crippen LogP contribution in [0.1, 0.15) is 15.4 Å². The van der Waals surface area contributed by atoms with Crippen molar-refractivity contribution in [3.05, 3.63) is 35.1 Å². The lowest BCUT2D eigenvalue weighted by Crippen LogP contribution is -2.30. The average molecular weight is 264 g/mol. The molecule has 0 spiro atoms. The molecule has 0 fully saturated rings. The lowest BCUT2D eigenvalue weighted by atomic mass is 10.3. The number of hydrogen-bond donors (Lipinski definition) is 2. The molecule has 7 heteroatoms. The minimum atomic E-state index is -0.366. The number of rotatable bonds is 4. The van der Waals surface area contributed by atoms with Crippen LogP contribution in [-0.2, 0) is 11.3 Å². The summed E-state index contributed by atoms with van der Waals surface area (Å²) in [6.45, 7) is 0.263. The van der Waals surface area contributed by atoms with Crippen LogP contribution in [0, 0.1) is 0 Å². The second kappa shape index (κ2) is 5.67. The lowest BCUT2D eigenvalue weighted by Gasteiger charge is -1.98. The van der Waals surface area contributed by atoms with Gasteiger partial charge in [0.1, 0.15) is 9.88 Å². The highest BCUT2D eigenvalue weighted by Gasteiger charge is 2.18. The molecule has 94 valence electrons. The fraction of sp³-hybridized carbons (Fsp3) is 0.182. The number of carbonyl (C=O) groups excluding carboxylic acids is 1. The van der Waals surface area contributed by atoms with Crippen LogP contribution in [0.5, 0.6) is 0 Å². The molecule has 0 aliphatic rings. The minimum absolute atomic E-state index is 0.263. The van der Waals surface area contributed by atoms with Gasteiger partial charge in [0.25, 0.3) is 5.91 Å². The zero-order valence-electron chi connectivity index (χ0n) is 9.71. The molecule has 0 atom stereocenters. The van der Waals surface area contributed by atoms with Crippen LogP contribution in [-0.4, -0.2) is 23.0 Å². The quantitative estimate of drug-likeness (QED) is 0.487. The number of hydrazine groups is 1. The fourth-order valence-electron chi connectivity index (χ4n) is 1.44. The Balaban J connectivity index is 2.42. The van der Waals surface area contributed by atoms with Crippen LogP contribution < -0.4 is 11.3 Å². The van der Waals surface area contributed by atoms with Crippen LogP contribution in [0.15, 0.2) is 24.5 Å². The van der Waals surface area contributed by atoms with E-state index in [1.165, 1.54) is 11.3 Å². The summed E-state index contributed by atoms with van der Waals surface area (Å²) in [5, 5.41) is 0.716. The Kier molecular flexibility index (Phi) is 3.98. The van der Waals surface area contributed by atoms with E-state index in [1.807, 2.05) is 12.1 Å². The van der Waals surface area contributed by atoms with Crippen molar-refractivity contribution < 1.29 is 9.53 Å². The molecule has 0 saturated heterocycles. The van der Waals surface area contributed by atoms with Gasteiger partial charge in [-0.15, -0.1) is 11.3 Å². The summed E-state index contributed by atoms with van der Waals surface area (Å²) >= 11 is 1.26. The van der Waals surface area contributed by atoms with Gasteiger partial charge < -0.3 is 4.74 Å². The zero-order chi connectivity index (χ0) is 13.0. The summed E-state index contributed by atoms with van der Waals surface area (Å²) < 4.78 is 5.02. The van der Waals surface area contributed by atoms with Gasteiger partial charge >= 0.3 is 0 Å². The van der Waals surface area contributed by atoms with E-state index < -0.39 is 0 Å². The number of pyridine rings is 1. The summed E-state index contributed by atoms with van der Waals surface area (Å²) in [4.78, 5) is 20.5. The van der Waals surface area contributed by atoms with Crippen LogP contribution >= 0.6 is 11.3 Å². The van der Waals surface area contributed by atoms with E-state index in [2.05, 4.69) is 15.4 Å². The number of nitrogens with one attached hydrogen (secondary N) is 1. The Morgan fingerprint density at radius 3 is 3.06 bits per heavy atom. The Morgan fingerprint density at radius 2 is 2.44 bits per heavy atom. The molecule has 0 radical (unpaired) electrons. The fourth-order valence-corrected chi connectivity index (χ4v) is 2.40. The van der Waals surface area contributed by atoms with Gasteiger partial charge in [-0.2, -0.15) is 0 Å². The molecular formula is C11H12N4O2S. The van der Waals surface area contributed by atoms with E-state index in [0.29, 0.717) is 15.6 Å². The monoisotopic (exact) mass is 264 g/mol. The molecule has 0 aliphatic heterocycles. The number of carbonyl (C=O) groups is 1. The summed E-state index contributed by atoms with van der Waals surface area (Å²) in [5.74, 6) is 4.78. The number of ether oxygens (including phenoxy) is 1. The maximum atomic E-state index is 11.6. The first-order chi connectivity index (χ1) is 8.76. The van der Waals surface area contributed by atoms with E-state index in [-0.39, 0.29) is 12.5 Å². The first-order valence-electron chi connectivity index (χ1n) is 5.16. The van der Waals surface area contributed by atoms with E-state index in [1.54, 1.807) is 19.5 Å². The van der Waals surface area contributed by atoms with Crippen molar-refractivity contribution in [2.45, 2.75) is 6.61 Å². The standard InChI is InChI=1S/C11H12N4O2S/c1-17-6-8-9(10(16)15-12)18-11(14-8)7-3-2-4-13-5-7/h2-5H,6,12H2,1H3,(H,15,16). The molecule has 0 aliphatic carbocycles. The number of nitrogens with two attached hydrogens (primary N) is 1. The Labute approximate surface area is 108 Å². The molecule has 2 rings (SSSR count). The Hall–Kier alpha value is -1.83. The van der Waals surface area contributed by atoms with Crippen LogP contribution in [0.3, 0.4) is 0 Å². The normalized spacial score (nSPS) is 10.3. The average Bonchev–Trinajstić information content (AvgIpc) is 2.83. The summed E-state index contributed by atoms with van der Waals surface area (Å²) in [6, 6.07) is 3.70. The highest BCUT2D eigenvalue weighted by molar-refractivity contribution is 7.17. The third-order valence-corrected chi connectivity index (χ3v) is 3.37. The Bertz CT molecular complexity index is 541. The van der Waals surface area contributed by atoms with Crippen molar-refractivity contribution >= 4 is 17.2 Å². The largest absolute Gasteiger partial charge is 0.378 e. The number of nitrogen functional groups attached to an aromatic ring is 1. The smallest absolute Gasteiger partial charge is 0.277 e. The van der Waals surface area contributed by atoms with E-state index in [4.69, 9.17) is 10.6 Å². The van der Waals surface area contributed by atoms with Gasteiger partial charge in [-0.1, -0.05) is 0 Å². The number of aromatic nitrogens is 2. The maximum absolute atomic E-state index is 11.6. The van der Waals surface area contributed by atoms with E-state index in [9.17, 15) is 4.79 Å². The second-order valence-electron chi connectivity index (χ2n) is 3.44. The molecule has 1 amide bonds. The van der Waals surface area contributed by atoms with Crippen molar-refractivity contribution in [3.63, 3.8) is 0 Å². The number of thiazole rings is 1. The summed E-state index contributed by atoms with van der Waals surface area (Å²) in [6.07, 6.45) is 3.38. The molecule has 2 heterocycles. The van der Waals surface area contributed by atoms with Crippen LogP contribution in [0.4, 0.5) is 0 Å². The van der Waals surface area contributed by atoms with Crippen molar-refractivity contribution in [2.75, 3.05) is 7.11 Å². The van der Waals surface area contributed by atoms with Crippen molar-refractivity contribution in [1.82, 2.24) is 15.4 Å². The van der Waals surface area contributed by atoms with Gasteiger partial charge in [-0.3, -0.25) is 15.2 Å². The predicted molar refractivity (Wildman–Crippen MR) is 67.7 cm³/mol. The maximum Gasteiger partial charge on any atom is 0.277 e. The van der Waals surface area contributed by atoms with Crippen LogP contribution in [0.2, 0.25) is 0 Å². The highest BCUT2D eigenvalue weighted by atomic mass is 32.1. The Morgan fingerprint density at radius 1 is 1.61 bits per heavy atom. The van der Waals surface area contributed by atoms with Crippen LogP contribution in [0.25, 0.3) is 10.6 Å². The molecule has 0 unspecified atom stereocenters. The zero-order valence-corrected chi connectivity index (χ0v) is 10.5. The summed E-state index contributed by atoms with van der Waals surface area (Å²) in [5.41, 5.74) is 3.54. The second-order valence-corrected chi connectivity index (χ2v) is 4.44. The first-order valence-corrected chi connectivity index (χ1v) is 5.98. The minimum Gasteiger partial charge on any atom is -0.378 e. The SMILES string of the molecule is COCc1nc(-c2cccnc2)sc1C(=O)NN. The molecule has 0 bridgehead atoms. The molecule has 18 heavy (non-hydrogen) atoms. The lowest BCUT2D eigenvalue weighted by molar-refractivity contribution is 0.0952. The first kappa shape index (κ1) is 12.6. The van der Waals surface area contributed by atoms with Gasteiger partial charge in [0, 0.05) is 25.1 Å². The molecule has 2 aromatic heterocycles. The summed E-state index contributed by atoms with van der Waals surface area (Å²) in [7, 11) is 1.55. The third kappa shape index (κ3) is 2.53. The molecule has 6 nitrogen and oxygen atoms in total. The topological polar surface area (TPSA) is 90.1 Å². The predicted octanol–water partition coefficient (Wildman–Crippen LogP) is 0.955. The van der Waals surface area contributed by atoms with E-state index in [0.717, 1.165) is 5.56 Å². The highest BCUT2D eigenvalue weighted by Crippen LogP contribution is 2.27. The molecular weight excluding hydrogens is 252 g/mol. The number of methoxy groups -OCH3 is 1. The van der Waals surface area contributed by atoms with Crippen molar-refractivity contribution in [3.8, 4) is 10.6 Å². The number of hydrogen-bond acceptors (Lipinski definition) is 6. The van der Waals surface area contributed by atoms with Gasteiger partial charge in [0.15, 0.2) is 0 Å².